The summed E-state index contributed by atoms with van der Waals surface area (Å²) in [6.07, 6.45) is 2.96. The number of pyridine rings is 1. The van der Waals surface area contributed by atoms with E-state index in [1.807, 2.05) is 0 Å². The number of nitrogens with one attached hydrogen (secondary N) is 3. The summed E-state index contributed by atoms with van der Waals surface area (Å²) in [5, 5.41) is 20.5. The minimum absolute atomic E-state index is 0.00264. The number of benzene rings is 1. The van der Waals surface area contributed by atoms with Crippen molar-refractivity contribution >= 4 is 39.2 Å². The highest BCUT2D eigenvalue weighted by Gasteiger charge is 2.18. The standard InChI is InChI=1S/C15H10BrFN6O2/c16-10-7-9(1-2-11(10)17)20-13(18)12-14(23-25-22-12)21-15(24)8-3-5-19-6-4-8/h1-7H,(H2,18,20)(H,21,23,24). The number of rotatable bonds is 4. The lowest BCUT2D eigenvalue weighted by atomic mass is 10.2. The minimum atomic E-state index is -0.448. The molecule has 0 spiro atoms. The Morgan fingerprint density at radius 3 is 2.64 bits per heavy atom. The molecule has 10 heteroatoms. The van der Waals surface area contributed by atoms with Crippen LogP contribution in [0, 0.1) is 11.2 Å². The van der Waals surface area contributed by atoms with E-state index in [4.69, 9.17) is 5.41 Å². The quantitative estimate of drug-likeness (QED) is 0.454. The van der Waals surface area contributed by atoms with Gasteiger partial charge in [-0.2, -0.15) is 0 Å². The topological polar surface area (TPSA) is 117 Å². The van der Waals surface area contributed by atoms with E-state index in [9.17, 15) is 9.18 Å². The Bertz CT molecular complexity index is 931. The molecule has 0 aliphatic heterocycles. The summed E-state index contributed by atoms with van der Waals surface area (Å²) in [6, 6.07) is 7.22. The number of anilines is 2. The number of amides is 1. The Labute approximate surface area is 149 Å². The first-order chi connectivity index (χ1) is 12.0. The molecule has 0 saturated heterocycles. The lowest BCUT2D eigenvalue weighted by Crippen LogP contribution is -2.18. The number of hydrogen-bond acceptors (Lipinski definition) is 6. The van der Waals surface area contributed by atoms with Gasteiger partial charge in [0.1, 0.15) is 5.82 Å². The van der Waals surface area contributed by atoms with Gasteiger partial charge >= 0.3 is 0 Å². The molecule has 0 aliphatic rings. The van der Waals surface area contributed by atoms with E-state index >= 15 is 0 Å². The maximum Gasteiger partial charge on any atom is 0.257 e. The van der Waals surface area contributed by atoms with Crippen molar-refractivity contribution in [2.45, 2.75) is 0 Å². The van der Waals surface area contributed by atoms with E-state index in [0.29, 0.717) is 11.3 Å². The van der Waals surface area contributed by atoms with Gasteiger partial charge in [0.15, 0.2) is 11.5 Å². The van der Waals surface area contributed by atoms with Gasteiger partial charge in [-0.05, 0) is 56.6 Å². The third-order valence-corrected chi connectivity index (χ3v) is 3.70. The molecule has 0 aliphatic carbocycles. The second-order valence-electron chi connectivity index (χ2n) is 4.78. The number of aromatic nitrogens is 3. The predicted molar refractivity (Wildman–Crippen MR) is 91.0 cm³/mol. The second kappa shape index (κ2) is 7.18. The summed E-state index contributed by atoms with van der Waals surface area (Å²) in [6.45, 7) is 0. The van der Waals surface area contributed by atoms with Crippen LogP contribution in [0.5, 0.6) is 0 Å². The molecule has 1 amide bonds. The average Bonchev–Trinajstić information content (AvgIpc) is 3.07. The Kier molecular flexibility index (Phi) is 4.80. The fourth-order valence-corrected chi connectivity index (χ4v) is 2.27. The van der Waals surface area contributed by atoms with Gasteiger partial charge in [0.05, 0.1) is 4.47 Å². The van der Waals surface area contributed by atoms with Gasteiger partial charge in [0.25, 0.3) is 5.91 Å². The Morgan fingerprint density at radius 1 is 1.16 bits per heavy atom. The highest BCUT2D eigenvalue weighted by Crippen LogP contribution is 2.21. The smallest absolute Gasteiger partial charge is 0.257 e. The first kappa shape index (κ1) is 16.7. The minimum Gasteiger partial charge on any atom is -0.339 e. The number of carbonyl (C=O) groups is 1. The van der Waals surface area contributed by atoms with E-state index in [2.05, 4.69) is 46.5 Å². The summed E-state index contributed by atoms with van der Waals surface area (Å²) in [7, 11) is 0. The van der Waals surface area contributed by atoms with Crippen molar-refractivity contribution < 1.29 is 13.8 Å². The Balaban J connectivity index is 1.75. The van der Waals surface area contributed by atoms with Crippen molar-refractivity contribution in [2.24, 2.45) is 0 Å². The lowest BCUT2D eigenvalue weighted by Gasteiger charge is -2.07. The highest BCUT2D eigenvalue weighted by atomic mass is 79.9. The van der Waals surface area contributed by atoms with Crippen LogP contribution < -0.4 is 10.6 Å². The summed E-state index contributed by atoms with van der Waals surface area (Å²) in [4.78, 5) is 16.0. The maximum absolute atomic E-state index is 13.3. The van der Waals surface area contributed by atoms with Gasteiger partial charge in [0, 0.05) is 23.6 Å². The second-order valence-corrected chi connectivity index (χ2v) is 5.63. The number of halogens is 2. The molecule has 1 aromatic carbocycles. The predicted octanol–water partition coefficient (Wildman–Crippen LogP) is 3.06. The molecule has 0 fully saturated rings. The van der Waals surface area contributed by atoms with Gasteiger partial charge < -0.3 is 10.6 Å². The molecule has 126 valence electrons. The van der Waals surface area contributed by atoms with Gasteiger partial charge in [-0.3, -0.25) is 15.2 Å². The van der Waals surface area contributed by atoms with Gasteiger partial charge in [-0.1, -0.05) is 0 Å². The average molecular weight is 405 g/mol. The number of nitrogens with zero attached hydrogens (tertiary/aromatic N) is 3. The first-order valence-corrected chi connectivity index (χ1v) is 7.69. The van der Waals surface area contributed by atoms with Crippen molar-refractivity contribution in [3.63, 3.8) is 0 Å². The van der Waals surface area contributed by atoms with Crippen molar-refractivity contribution in [2.75, 3.05) is 10.6 Å². The third kappa shape index (κ3) is 3.86. The van der Waals surface area contributed by atoms with Crippen LogP contribution in [-0.2, 0) is 0 Å². The van der Waals surface area contributed by atoms with Gasteiger partial charge in [-0.25, -0.2) is 9.02 Å². The fraction of sp³-hybridized carbons (Fsp3) is 0. The number of carbonyl (C=O) groups excluding carboxylic acids is 1. The molecule has 8 nitrogen and oxygen atoms in total. The molecular formula is C15H10BrFN6O2. The lowest BCUT2D eigenvalue weighted by molar-refractivity contribution is 0.102. The van der Waals surface area contributed by atoms with Gasteiger partial charge in [-0.15, -0.1) is 0 Å². The molecular weight excluding hydrogens is 395 g/mol. The summed E-state index contributed by atoms with van der Waals surface area (Å²) >= 11 is 3.06. The largest absolute Gasteiger partial charge is 0.339 e. The van der Waals surface area contributed by atoms with Crippen LogP contribution in [-0.4, -0.2) is 27.0 Å². The van der Waals surface area contributed by atoms with E-state index in [-0.39, 0.29) is 21.8 Å². The van der Waals surface area contributed by atoms with Crippen molar-refractivity contribution in [3.8, 4) is 0 Å². The van der Waals surface area contributed by atoms with E-state index < -0.39 is 11.7 Å². The van der Waals surface area contributed by atoms with Crippen LogP contribution in [0.2, 0.25) is 0 Å². The number of hydrogen-bond donors (Lipinski definition) is 3. The van der Waals surface area contributed by atoms with Crippen LogP contribution in [0.15, 0.2) is 51.8 Å². The number of amidine groups is 1. The van der Waals surface area contributed by atoms with Crippen LogP contribution in [0.3, 0.4) is 0 Å². The van der Waals surface area contributed by atoms with Crippen LogP contribution >= 0.6 is 15.9 Å². The summed E-state index contributed by atoms with van der Waals surface area (Å²) < 4.78 is 18.1. The zero-order valence-electron chi connectivity index (χ0n) is 12.5. The fourth-order valence-electron chi connectivity index (χ4n) is 1.90. The Morgan fingerprint density at radius 2 is 1.92 bits per heavy atom. The summed E-state index contributed by atoms with van der Waals surface area (Å²) in [5.74, 6) is -1.06. The molecule has 0 saturated carbocycles. The molecule has 2 aromatic heterocycles. The Hall–Kier alpha value is -3.14. The van der Waals surface area contributed by atoms with E-state index in [1.54, 1.807) is 0 Å². The molecule has 0 atom stereocenters. The highest BCUT2D eigenvalue weighted by molar-refractivity contribution is 9.10. The normalized spacial score (nSPS) is 10.3. The monoisotopic (exact) mass is 404 g/mol. The molecule has 0 unspecified atom stereocenters. The first-order valence-electron chi connectivity index (χ1n) is 6.89. The molecule has 2 heterocycles. The molecule has 0 bridgehead atoms. The SMILES string of the molecule is N=C(Nc1ccc(F)c(Br)c1)c1nonc1NC(=O)c1ccncc1. The van der Waals surface area contributed by atoms with Crippen molar-refractivity contribution in [1.82, 2.24) is 15.3 Å². The van der Waals surface area contributed by atoms with Crippen LogP contribution in [0.25, 0.3) is 0 Å². The summed E-state index contributed by atoms with van der Waals surface area (Å²) in [5.41, 5.74) is 0.821. The third-order valence-electron chi connectivity index (χ3n) is 3.09. The van der Waals surface area contributed by atoms with Crippen LogP contribution in [0.4, 0.5) is 15.9 Å². The van der Waals surface area contributed by atoms with E-state index in [0.717, 1.165) is 0 Å². The van der Waals surface area contributed by atoms with Gasteiger partial charge in [0.2, 0.25) is 5.82 Å². The van der Waals surface area contributed by atoms with Crippen molar-refractivity contribution in [1.29, 1.82) is 5.41 Å². The van der Waals surface area contributed by atoms with Crippen LogP contribution in [0.1, 0.15) is 16.1 Å². The molecule has 25 heavy (non-hydrogen) atoms. The maximum atomic E-state index is 13.3. The molecule has 0 radical (unpaired) electrons. The van der Waals surface area contributed by atoms with Crippen molar-refractivity contribution in [3.05, 3.63) is 64.3 Å². The molecule has 3 N–H and O–H groups in total. The molecule has 3 rings (SSSR count). The molecule has 3 aromatic rings. The zero-order chi connectivity index (χ0) is 17.8. The zero-order valence-corrected chi connectivity index (χ0v) is 14.0. The van der Waals surface area contributed by atoms with E-state index in [1.165, 1.54) is 42.7 Å².